The average Bonchev–Trinajstić information content (AvgIpc) is 3.02. The predicted molar refractivity (Wildman–Crippen MR) is 84.2 cm³/mol. The summed E-state index contributed by atoms with van der Waals surface area (Å²) in [5, 5.41) is 4.18. The summed E-state index contributed by atoms with van der Waals surface area (Å²) in [6.45, 7) is 5.61. The molecule has 0 amide bonds. The zero-order valence-electron chi connectivity index (χ0n) is 12.4. The Morgan fingerprint density at radius 2 is 1.73 bits per heavy atom. The number of hydrogen-bond acceptors (Lipinski definition) is 6. The van der Waals surface area contributed by atoms with Crippen LogP contribution in [0.2, 0.25) is 0 Å². The van der Waals surface area contributed by atoms with Gasteiger partial charge in [0.25, 0.3) is 0 Å². The van der Waals surface area contributed by atoms with E-state index in [0.717, 1.165) is 49.3 Å². The molecule has 1 saturated heterocycles. The number of aryl methyl sites for hydroxylation is 1. The molecule has 3 aromatic heterocycles. The van der Waals surface area contributed by atoms with Gasteiger partial charge in [-0.25, -0.2) is 19.5 Å². The molecule has 0 N–H and O–H groups in total. The zero-order chi connectivity index (χ0) is 14.9. The van der Waals surface area contributed by atoms with E-state index >= 15 is 0 Å². The van der Waals surface area contributed by atoms with Crippen molar-refractivity contribution in [1.82, 2.24) is 24.6 Å². The summed E-state index contributed by atoms with van der Waals surface area (Å²) in [6.07, 6.45) is 5.53. The monoisotopic (exact) mass is 295 g/mol. The summed E-state index contributed by atoms with van der Waals surface area (Å²) in [5.74, 6) is 1.82. The number of fused-ring (bicyclic) bond motifs is 1. The van der Waals surface area contributed by atoms with Crippen LogP contribution in [-0.4, -0.2) is 50.7 Å². The van der Waals surface area contributed by atoms with Crippen LogP contribution in [0.5, 0.6) is 0 Å². The molecule has 0 unspecified atom stereocenters. The molecule has 0 saturated carbocycles. The van der Waals surface area contributed by atoms with E-state index in [2.05, 4.69) is 29.9 Å². The minimum atomic E-state index is 0.818. The van der Waals surface area contributed by atoms with Gasteiger partial charge in [0.05, 0.1) is 6.20 Å². The molecule has 1 aliphatic rings. The number of rotatable bonds is 2. The minimum absolute atomic E-state index is 0.818. The molecule has 1 aliphatic heterocycles. The van der Waals surface area contributed by atoms with Crippen molar-refractivity contribution in [3.8, 4) is 0 Å². The van der Waals surface area contributed by atoms with Gasteiger partial charge in [-0.05, 0) is 19.1 Å². The second kappa shape index (κ2) is 5.25. The van der Waals surface area contributed by atoms with Crippen molar-refractivity contribution < 1.29 is 0 Å². The number of nitrogens with zero attached hydrogens (tertiary/aromatic N) is 7. The van der Waals surface area contributed by atoms with Gasteiger partial charge in [-0.3, -0.25) is 0 Å². The van der Waals surface area contributed by atoms with Crippen LogP contribution in [0.1, 0.15) is 5.69 Å². The molecule has 0 bridgehead atoms. The lowest BCUT2D eigenvalue weighted by Crippen LogP contribution is -2.47. The molecular weight excluding hydrogens is 278 g/mol. The lowest BCUT2D eigenvalue weighted by molar-refractivity contribution is 0.633. The van der Waals surface area contributed by atoms with E-state index < -0.39 is 0 Å². The molecule has 4 heterocycles. The van der Waals surface area contributed by atoms with Crippen molar-refractivity contribution in [2.24, 2.45) is 0 Å². The van der Waals surface area contributed by atoms with E-state index in [0.29, 0.717) is 0 Å². The summed E-state index contributed by atoms with van der Waals surface area (Å²) in [5.41, 5.74) is 1.88. The second-order valence-electron chi connectivity index (χ2n) is 5.39. The molecule has 112 valence electrons. The van der Waals surface area contributed by atoms with Gasteiger partial charge in [-0.2, -0.15) is 5.10 Å². The summed E-state index contributed by atoms with van der Waals surface area (Å²) < 4.78 is 1.78. The van der Waals surface area contributed by atoms with E-state index in [-0.39, 0.29) is 0 Å². The summed E-state index contributed by atoms with van der Waals surface area (Å²) in [6, 6.07) is 5.85. The molecule has 7 heteroatoms. The van der Waals surface area contributed by atoms with Crippen LogP contribution in [0.4, 0.5) is 11.8 Å². The maximum atomic E-state index is 4.65. The van der Waals surface area contributed by atoms with Gasteiger partial charge in [0.2, 0.25) is 5.95 Å². The van der Waals surface area contributed by atoms with Crippen LogP contribution < -0.4 is 9.80 Å². The fourth-order valence-electron chi connectivity index (χ4n) is 2.70. The Morgan fingerprint density at radius 1 is 0.909 bits per heavy atom. The third-order valence-corrected chi connectivity index (χ3v) is 3.91. The van der Waals surface area contributed by atoms with E-state index in [1.165, 1.54) is 0 Å². The first-order chi connectivity index (χ1) is 10.8. The van der Waals surface area contributed by atoms with Crippen LogP contribution in [0.15, 0.2) is 36.8 Å². The van der Waals surface area contributed by atoms with Crippen molar-refractivity contribution in [3.05, 3.63) is 42.5 Å². The Morgan fingerprint density at radius 3 is 2.55 bits per heavy atom. The van der Waals surface area contributed by atoms with E-state index in [9.17, 15) is 0 Å². The van der Waals surface area contributed by atoms with E-state index in [1.807, 2.05) is 37.5 Å². The largest absolute Gasteiger partial charge is 0.353 e. The molecule has 0 aromatic carbocycles. The van der Waals surface area contributed by atoms with Gasteiger partial charge in [-0.15, -0.1) is 0 Å². The molecule has 7 nitrogen and oxygen atoms in total. The van der Waals surface area contributed by atoms with Crippen molar-refractivity contribution in [1.29, 1.82) is 0 Å². The third-order valence-electron chi connectivity index (χ3n) is 3.91. The Hall–Kier alpha value is -2.70. The van der Waals surface area contributed by atoms with Crippen molar-refractivity contribution >= 4 is 17.4 Å². The Bertz CT molecular complexity index is 789. The van der Waals surface area contributed by atoms with Crippen molar-refractivity contribution in [3.63, 3.8) is 0 Å². The lowest BCUT2D eigenvalue weighted by atomic mass is 10.3. The normalized spacial score (nSPS) is 15.5. The highest BCUT2D eigenvalue weighted by atomic mass is 15.3. The van der Waals surface area contributed by atoms with E-state index in [4.69, 9.17) is 0 Å². The van der Waals surface area contributed by atoms with Crippen molar-refractivity contribution in [2.45, 2.75) is 6.92 Å². The van der Waals surface area contributed by atoms with Crippen LogP contribution in [0.3, 0.4) is 0 Å². The standard InChI is InChI=1S/C15H17N7/c1-12-2-5-16-15(18-12)21-10-8-20(9-11-21)13-4-7-22-14(19-13)3-6-17-22/h2-7H,8-11H2,1H3. The minimum Gasteiger partial charge on any atom is -0.353 e. The number of aromatic nitrogens is 5. The van der Waals surface area contributed by atoms with Gasteiger partial charge >= 0.3 is 0 Å². The molecule has 22 heavy (non-hydrogen) atoms. The summed E-state index contributed by atoms with van der Waals surface area (Å²) in [7, 11) is 0. The van der Waals surface area contributed by atoms with Gasteiger partial charge in [0, 0.05) is 50.3 Å². The topological polar surface area (TPSA) is 62.5 Å². The molecule has 0 radical (unpaired) electrons. The maximum absolute atomic E-state index is 4.65. The molecule has 0 spiro atoms. The predicted octanol–water partition coefficient (Wildman–Crippen LogP) is 1.15. The first kappa shape index (κ1) is 13.0. The summed E-state index contributed by atoms with van der Waals surface area (Å²) in [4.78, 5) is 18.0. The molecule has 4 rings (SSSR count). The number of piperazine rings is 1. The van der Waals surface area contributed by atoms with Gasteiger partial charge in [-0.1, -0.05) is 0 Å². The fourth-order valence-corrected chi connectivity index (χ4v) is 2.70. The highest BCUT2D eigenvalue weighted by Crippen LogP contribution is 2.17. The van der Waals surface area contributed by atoms with Crippen molar-refractivity contribution in [2.75, 3.05) is 36.0 Å². The van der Waals surface area contributed by atoms with Crippen LogP contribution in [0, 0.1) is 6.92 Å². The summed E-state index contributed by atoms with van der Waals surface area (Å²) >= 11 is 0. The Balaban J connectivity index is 1.49. The van der Waals surface area contributed by atoms with Gasteiger partial charge < -0.3 is 9.80 Å². The second-order valence-corrected chi connectivity index (χ2v) is 5.39. The average molecular weight is 295 g/mol. The first-order valence-corrected chi connectivity index (χ1v) is 7.39. The van der Waals surface area contributed by atoms with Crippen LogP contribution in [-0.2, 0) is 0 Å². The van der Waals surface area contributed by atoms with Gasteiger partial charge in [0.15, 0.2) is 5.65 Å². The first-order valence-electron chi connectivity index (χ1n) is 7.39. The van der Waals surface area contributed by atoms with E-state index in [1.54, 1.807) is 10.7 Å². The molecule has 0 atom stereocenters. The zero-order valence-corrected chi connectivity index (χ0v) is 12.4. The Kier molecular flexibility index (Phi) is 3.10. The number of anilines is 2. The molecular formula is C15H17N7. The Labute approximate surface area is 128 Å². The highest BCUT2D eigenvalue weighted by molar-refractivity contribution is 5.48. The quantitative estimate of drug-likeness (QED) is 0.707. The lowest BCUT2D eigenvalue weighted by Gasteiger charge is -2.35. The molecule has 3 aromatic rings. The highest BCUT2D eigenvalue weighted by Gasteiger charge is 2.20. The van der Waals surface area contributed by atoms with Crippen LogP contribution in [0.25, 0.3) is 5.65 Å². The fraction of sp³-hybridized carbons (Fsp3) is 0.333. The maximum Gasteiger partial charge on any atom is 0.225 e. The number of hydrogen-bond donors (Lipinski definition) is 0. The van der Waals surface area contributed by atoms with Gasteiger partial charge in [0.1, 0.15) is 5.82 Å². The SMILES string of the molecule is Cc1ccnc(N2CCN(c3ccn4nccc4n3)CC2)n1. The third kappa shape index (κ3) is 2.34. The van der Waals surface area contributed by atoms with Crippen LogP contribution >= 0.6 is 0 Å². The molecule has 0 aliphatic carbocycles. The smallest absolute Gasteiger partial charge is 0.225 e. The molecule has 1 fully saturated rings.